The van der Waals surface area contributed by atoms with Gasteiger partial charge in [0.1, 0.15) is 0 Å². The number of ether oxygens (including phenoxy) is 1. The van der Waals surface area contributed by atoms with Gasteiger partial charge in [0.15, 0.2) is 0 Å². The number of nitrogens with one attached hydrogen (secondary N) is 1. The maximum atomic E-state index is 11.2. The van der Waals surface area contributed by atoms with Crippen molar-refractivity contribution in [3.05, 3.63) is 48.6 Å². The van der Waals surface area contributed by atoms with E-state index in [0.29, 0.717) is 18.9 Å². The molecule has 4 heteroatoms. The van der Waals surface area contributed by atoms with Crippen molar-refractivity contribution >= 4 is 18.7 Å². The van der Waals surface area contributed by atoms with Crippen LogP contribution in [0.4, 0.5) is 4.79 Å². The fraction of sp³-hybridized carbons (Fsp3) is 0.609. The van der Waals surface area contributed by atoms with Gasteiger partial charge in [-0.05, 0) is 64.2 Å². The van der Waals surface area contributed by atoms with Crippen molar-refractivity contribution in [3.63, 3.8) is 0 Å². The molecule has 1 N–H and O–H groups in total. The summed E-state index contributed by atoms with van der Waals surface area (Å²) in [6.07, 6.45) is 28.7. The first-order valence-electron chi connectivity index (χ1n) is 10.4. The number of carbonyl (C=O) groups is 1. The number of allylic oxidation sites excluding steroid dienone is 8. The topological polar surface area (TPSA) is 38.3 Å². The fourth-order valence-electron chi connectivity index (χ4n) is 2.32. The van der Waals surface area contributed by atoms with Crippen molar-refractivity contribution in [2.75, 3.05) is 18.9 Å². The Labute approximate surface area is 172 Å². The second-order valence-electron chi connectivity index (χ2n) is 6.33. The van der Waals surface area contributed by atoms with Crippen LogP contribution in [0, 0.1) is 0 Å². The summed E-state index contributed by atoms with van der Waals surface area (Å²) in [5, 5.41) is 2.62. The van der Waals surface area contributed by atoms with E-state index in [0.717, 1.165) is 38.5 Å². The van der Waals surface area contributed by atoms with Gasteiger partial charge in [-0.2, -0.15) is 12.6 Å². The molecule has 0 rings (SSSR count). The Balaban J connectivity index is 3.36. The van der Waals surface area contributed by atoms with Crippen molar-refractivity contribution in [3.8, 4) is 0 Å². The highest BCUT2D eigenvalue weighted by atomic mass is 32.1. The molecule has 154 valence electrons. The number of carbonyl (C=O) groups excluding carboxylic acids is 1. The average molecular weight is 394 g/mol. The number of amides is 1. The summed E-state index contributed by atoms with van der Waals surface area (Å²) < 4.78 is 5.04. The number of unbranched alkanes of at least 4 members (excludes halogenated alkanes) is 5. The van der Waals surface area contributed by atoms with E-state index >= 15 is 0 Å². The zero-order valence-corrected chi connectivity index (χ0v) is 18.0. The molecule has 0 aromatic heterocycles. The molecule has 0 radical (unpaired) electrons. The van der Waals surface area contributed by atoms with E-state index in [-0.39, 0.29) is 6.09 Å². The van der Waals surface area contributed by atoms with Crippen LogP contribution in [0.15, 0.2) is 48.6 Å². The molecule has 0 unspecified atom stereocenters. The van der Waals surface area contributed by atoms with Crippen LogP contribution in [-0.2, 0) is 4.74 Å². The van der Waals surface area contributed by atoms with Crippen LogP contribution in [0.3, 0.4) is 0 Å². The van der Waals surface area contributed by atoms with Gasteiger partial charge in [-0.3, -0.25) is 0 Å². The maximum Gasteiger partial charge on any atom is 0.407 e. The van der Waals surface area contributed by atoms with Crippen molar-refractivity contribution in [2.45, 2.75) is 71.1 Å². The van der Waals surface area contributed by atoms with E-state index in [1.807, 2.05) is 0 Å². The zero-order chi connectivity index (χ0) is 19.8. The fourth-order valence-corrected chi connectivity index (χ4v) is 2.44. The van der Waals surface area contributed by atoms with Gasteiger partial charge >= 0.3 is 6.09 Å². The molecule has 0 saturated heterocycles. The van der Waals surface area contributed by atoms with Crippen LogP contribution in [0.25, 0.3) is 0 Å². The predicted octanol–water partition coefficient (Wildman–Crippen LogP) is 6.79. The molecule has 0 aliphatic carbocycles. The lowest BCUT2D eigenvalue weighted by Crippen LogP contribution is -2.26. The van der Waals surface area contributed by atoms with Crippen molar-refractivity contribution in [2.24, 2.45) is 0 Å². The predicted molar refractivity (Wildman–Crippen MR) is 122 cm³/mol. The van der Waals surface area contributed by atoms with Crippen LogP contribution in [0.5, 0.6) is 0 Å². The lowest BCUT2D eigenvalue weighted by molar-refractivity contribution is 0.145. The Morgan fingerprint density at radius 2 is 1.33 bits per heavy atom. The smallest absolute Gasteiger partial charge is 0.407 e. The van der Waals surface area contributed by atoms with Crippen LogP contribution in [0.2, 0.25) is 0 Å². The first kappa shape index (κ1) is 25.6. The van der Waals surface area contributed by atoms with E-state index in [2.05, 4.69) is 73.5 Å². The summed E-state index contributed by atoms with van der Waals surface area (Å²) in [6, 6.07) is 0. The van der Waals surface area contributed by atoms with E-state index in [9.17, 15) is 4.79 Å². The summed E-state index contributed by atoms with van der Waals surface area (Å²) >= 11 is 4.02. The van der Waals surface area contributed by atoms with E-state index < -0.39 is 0 Å². The SMILES string of the molecule is CC/C=C\CCCC/C=C\C/C=C\C/C=C\CCCCOC(=O)NCCS. The van der Waals surface area contributed by atoms with Gasteiger partial charge in [-0.1, -0.05) is 55.5 Å². The van der Waals surface area contributed by atoms with Gasteiger partial charge in [0.2, 0.25) is 0 Å². The van der Waals surface area contributed by atoms with Gasteiger partial charge in [-0.25, -0.2) is 4.79 Å². The third-order valence-corrected chi connectivity index (χ3v) is 4.04. The van der Waals surface area contributed by atoms with Crippen LogP contribution in [-0.4, -0.2) is 25.0 Å². The average Bonchev–Trinajstić information content (AvgIpc) is 2.68. The standard InChI is InChI=1S/C23H39NO2S/c1-2-3-4-5-6-7-8-9-10-11-12-13-14-15-16-17-18-19-21-26-23(25)24-20-22-27/h3-4,9-10,12-13,15-16,27H,2,5-8,11,14,17-22H2,1H3,(H,24,25)/b4-3-,10-9-,13-12-,16-15-. The number of rotatable bonds is 17. The van der Waals surface area contributed by atoms with Crippen molar-refractivity contribution < 1.29 is 9.53 Å². The Kier molecular flexibility index (Phi) is 21.4. The van der Waals surface area contributed by atoms with Crippen LogP contribution < -0.4 is 5.32 Å². The lowest BCUT2D eigenvalue weighted by atomic mass is 10.1. The Bertz CT molecular complexity index is 442. The minimum Gasteiger partial charge on any atom is -0.450 e. The van der Waals surface area contributed by atoms with Crippen molar-refractivity contribution in [1.82, 2.24) is 5.32 Å². The molecule has 0 aromatic rings. The summed E-state index contributed by atoms with van der Waals surface area (Å²) in [5.74, 6) is 0.627. The molecule has 0 atom stereocenters. The van der Waals surface area contributed by atoms with E-state index in [4.69, 9.17) is 4.74 Å². The molecule has 0 aromatic carbocycles. The number of thiol groups is 1. The lowest BCUT2D eigenvalue weighted by Gasteiger charge is -2.04. The highest BCUT2D eigenvalue weighted by Crippen LogP contribution is 2.03. The molecule has 27 heavy (non-hydrogen) atoms. The normalized spacial score (nSPS) is 12.1. The third-order valence-electron chi connectivity index (χ3n) is 3.82. The Morgan fingerprint density at radius 3 is 1.89 bits per heavy atom. The molecule has 1 amide bonds. The van der Waals surface area contributed by atoms with Crippen LogP contribution in [0.1, 0.15) is 71.1 Å². The van der Waals surface area contributed by atoms with Gasteiger partial charge in [0.05, 0.1) is 6.61 Å². The van der Waals surface area contributed by atoms with E-state index in [1.54, 1.807) is 0 Å². The maximum absolute atomic E-state index is 11.2. The number of hydrogen-bond acceptors (Lipinski definition) is 3. The molecule has 0 spiro atoms. The Morgan fingerprint density at radius 1 is 0.815 bits per heavy atom. The van der Waals surface area contributed by atoms with Gasteiger partial charge in [0, 0.05) is 12.3 Å². The largest absolute Gasteiger partial charge is 0.450 e. The minimum absolute atomic E-state index is 0.345. The number of hydrogen-bond donors (Lipinski definition) is 2. The molecule has 0 saturated carbocycles. The Hall–Kier alpha value is -1.42. The van der Waals surface area contributed by atoms with Crippen molar-refractivity contribution in [1.29, 1.82) is 0 Å². The molecule has 3 nitrogen and oxygen atoms in total. The molecular weight excluding hydrogens is 354 g/mol. The highest BCUT2D eigenvalue weighted by Gasteiger charge is 1.98. The third kappa shape index (κ3) is 22.5. The first-order chi connectivity index (χ1) is 13.3. The molecular formula is C23H39NO2S. The second kappa shape index (κ2) is 22.6. The number of alkyl carbamates (subject to hydrolysis) is 1. The molecule has 0 heterocycles. The molecule has 0 fully saturated rings. The summed E-state index contributed by atoms with van der Waals surface area (Å²) in [6.45, 7) is 3.20. The van der Waals surface area contributed by atoms with Crippen LogP contribution >= 0.6 is 12.6 Å². The molecule has 0 aliphatic heterocycles. The van der Waals surface area contributed by atoms with Gasteiger partial charge in [-0.15, -0.1) is 0 Å². The summed E-state index contributed by atoms with van der Waals surface area (Å²) in [5.41, 5.74) is 0. The second-order valence-corrected chi connectivity index (χ2v) is 6.78. The highest BCUT2D eigenvalue weighted by molar-refractivity contribution is 7.80. The molecule has 0 aliphatic rings. The van der Waals surface area contributed by atoms with Gasteiger partial charge < -0.3 is 10.1 Å². The quantitative estimate of drug-likeness (QED) is 0.162. The van der Waals surface area contributed by atoms with E-state index in [1.165, 1.54) is 25.7 Å². The summed E-state index contributed by atoms with van der Waals surface area (Å²) in [4.78, 5) is 11.2. The minimum atomic E-state index is -0.345. The van der Waals surface area contributed by atoms with Gasteiger partial charge in [0.25, 0.3) is 0 Å². The monoisotopic (exact) mass is 393 g/mol. The zero-order valence-electron chi connectivity index (χ0n) is 17.1. The molecule has 0 bridgehead atoms. The first-order valence-corrected chi connectivity index (χ1v) is 11.1. The summed E-state index contributed by atoms with van der Waals surface area (Å²) in [7, 11) is 0.